The molecule has 26 heavy (non-hydrogen) atoms. The van der Waals surface area contributed by atoms with E-state index < -0.39 is 5.54 Å². The first-order valence-corrected chi connectivity index (χ1v) is 9.61. The van der Waals surface area contributed by atoms with Crippen LogP contribution in [0.25, 0.3) is 0 Å². The van der Waals surface area contributed by atoms with E-state index in [9.17, 15) is 9.59 Å². The quantitative estimate of drug-likeness (QED) is 0.768. The number of hydrogen-bond acceptors (Lipinski definition) is 4. The summed E-state index contributed by atoms with van der Waals surface area (Å²) in [4.78, 5) is 26.3. The lowest BCUT2D eigenvalue weighted by Crippen LogP contribution is -2.51. The van der Waals surface area contributed by atoms with Crippen LogP contribution in [-0.4, -0.2) is 30.4 Å². The summed E-state index contributed by atoms with van der Waals surface area (Å²) in [6.45, 7) is 3.58. The van der Waals surface area contributed by atoms with Crippen LogP contribution >= 0.6 is 0 Å². The van der Waals surface area contributed by atoms with Gasteiger partial charge in [0.15, 0.2) is 0 Å². The molecule has 3 rings (SSSR count). The first-order valence-electron chi connectivity index (χ1n) is 9.61. The third kappa shape index (κ3) is 4.18. The van der Waals surface area contributed by atoms with Gasteiger partial charge in [0.05, 0.1) is 5.92 Å². The molecule has 1 aromatic carbocycles. The molecule has 1 saturated heterocycles. The third-order valence-corrected chi connectivity index (χ3v) is 5.95. The van der Waals surface area contributed by atoms with Gasteiger partial charge in [-0.3, -0.25) is 9.59 Å². The zero-order valence-corrected chi connectivity index (χ0v) is 15.5. The summed E-state index contributed by atoms with van der Waals surface area (Å²) in [5.74, 6) is -0.365. The van der Waals surface area contributed by atoms with Crippen LogP contribution < -0.4 is 21.7 Å². The first-order chi connectivity index (χ1) is 12.4. The minimum atomic E-state index is -0.434. The number of hydrogen-bond donors (Lipinski definition) is 3. The number of carbonyl (C=O) groups is 2. The standard InChI is InChI=1S/C20H30N4O2/c1-20(22)10-3-2-7-17(20)19(26)23-15-5-4-6-16(13-15)24-11-8-14(9-12-24)18(21)25/h4-6,13-14,17H,2-3,7-12,22H2,1H3,(H2,21,25)(H,23,26). The number of primary amides is 1. The maximum Gasteiger partial charge on any atom is 0.229 e. The molecular formula is C20H30N4O2. The molecule has 1 aliphatic heterocycles. The Morgan fingerprint density at radius 2 is 1.92 bits per heavy atom. The Labute approximate surface area is 155 Å². The fraction of sp³-hybridized carbons (Fsp3) is 0.600. The number of nitrogens with two attached hydrogens (primary N) is 2. The molecular weight excluding hydrogens is 328 g/mol. The van der Waals surface area contributed by atoms with Crippen LogP contribution in [0.3, 0.4) is 0 Å². The van der Waals surface area contributed by atoms with Gasteiger partial charge in [-0.25, -0.2) is 0 Å². The van der Waals surface area contributed by atoms with E-state index in [1.54, 1.807) is 0 Å². The number of amides is 2. The van der Waals surface area contributed by atoms with Crippen LogP contribution in [0.15, 0.2) is 24.3 Å². The Balaban J connectivity index is 1.64. The largest absolute Gasteiger partial charge is 0.371 e. The maximum absolute atomic E-state index is 12.7. The van der Waals surface area contributed by atoms with Gasteiger partial charge in [-0.2, -0.15) is 0 Å². The summed E-state index contributed by atoms with van der Waals surface area (Å²) in [6, 6.07) is 7.90. The molecule has 5 N–H and O–H groups in total. The van der Waals surface area contributed by atoms with Crippen molar-refractivity contribution in [2.24, 2.45) is 23.3 Å². The van der Waals surface area contributed by atoms with Gasteiger partial charge in [0.1, 0.15) is 0 Å². The SMILES string of the molecule is CC1(N)CCCCC1C(=O)Nc1cccc(N2CCC(C(N)=O)CC2)c1. The predicted molar refractivity (Wildman–Crippen MR) is 104 cm³/mol. The third-order valence-electron chi connectivity index (χ3n) is 5.95. The fourth-order valence-electron chi connectivity index (χ4n) is 4.22. The molecule has 0 aromatic heterocycles. The van der Waals surface area contributed by atoms with Crippen LogP contribution in [-0.2, 0) is 9.59 Å². The second-order valence-corrected chi connectivity index (χ2v) is 8.01. The van der Waals surface area contributed by atoms with Gasteiger partial charge < -0.3 is 21.7 Å². The van der Waals surface area contributed by atoms with Gasteiger partial charge in [0, 0.05) is 35.9 Å². The van der Waals surface area contributed by atoms with E-state index in [-0.39, 0.29) is 23.7 Å². The maximum atomic E-state index is 12.7. The highest BCUT2D eigenvalue weighted by Gasteiger charge is 2.37. The average Bonchev–Trinajstić information content (AvgIpc) is 2.61. The van der Waals surface area contributed by atoms with E-state index in [4.69, 9.17) is 11.5 Å². The highest BCUT2D eigenvalue weighted by Crippen LogP contribution is 2.33. The topological polar surface area (TPSA) is 101 Å². The Morgan fingerprint density at radius 1 is 1.19 bits per heavy atom. The van der Waals surface area contributed by atoms with Crippen molar-refractivity contribution >= 4 is 23.2 Å². The highest BCUT2D eigenvalue weighted by atomic mass is 16.2. The van der Waals surface area contributed by atoms with Crippen molar-refractivity contribution in [3.05, 3.63) is 24.3 Å². The molecule has 2 unspecified atom stereocenters. The van der Waals surface area contributed by atoms with E-state index in [1.807, 2.05) is 31.2 Å². The number of anilines is 2. The number of piperidine rings is 1. The van der Waals surface area contributed by atoms with Crippen molar-refractivity contribution in [1.29, 1.82) is 0 Å². The predicted octanol–water partition coefficient (Wildman–Crippen LogP) is 2.23. The number of nitrogens with zero attached hydrogens (tertiary/aromatic N) is 1. The lowest BCUT2D eigenvalue weighted by molar-refractivity contribution is -0.123. The van der Waals surface area contributed by atoms with Gasteiger partial charge in [0.25, 0.3) is 0 Å². The molecule has 6 heteroatoms. The van der Waals surface area contributed by atoms with Gasteiger partial charge in [-0.1, -0.05) is 18.9 Å². The molecule has 2 atom stereocenters. The fourth-order valence-corrected chi connectivity index (χ4v) is 4.22. The number of nitrogens with one attached hydrogen (secondary N) is 1. The molecule has 1 aliphatic carbocycles. The van der Waals surface area contributed by atoms with Crippen molar-refractivity contribution < 1.29 is 9.59 Å². The van der Waals surface area contributed by atoms with Crippen molar-refractivity contribution in [1.82, 2.24) is 0 Å². The highest BCUT2D eigenvalue weighted by molar-refractivity contribution is 5.94. The number of benzene rings is 1. The van der Waals surface area contributed by atoms with E-state index in [1.165, 1.54) is 0 Å². The Kier molecular flexibility index (Phi) is 5.51. The minimum Gasteiger partial charge on any atom is -0.371 e. The van der Waals surface area contributed by atoms with Gasteiger partial charge in [-0.05, 0) is 50.8 Å². The van der Waals surface area contributed by atoms with E-state index >= 15 is 0 Å². The molecule has 1 heterocycles. The molecule has 142 valence electrons. The molecule has 1 aromatic rings. The van der Waals surface area contributed by atoms with Crippen molar-refractivity contribution in [3.8, 4) is 0 Å². The van der Waals surface area contributed by atoms with Crippen LogP contribution in [0.2, 0.25) is 0 Å². The van der Waals surface area contributed by atoms with E-state index in [0.717, 1.165) is 63.0 Å². The van der Waals surface area contributed by atoms with Crippen molar-refractivity contribution in [2.45, 2.75) is 51.0 Å². The van der Waals surface area contributed by atoms with Gasteiger partial charge >= 0.3 is 0 Å². The smallest absolute Gasteiger partial charge is 0.229 e. The summed E-state index contributed by atoms with van der Waals surface area (Å²) in [5, 5.41) is 3.05. The Bertz CT molecular complexity index is 666. The van der Waals surface area contributed by atoms with Crippen molar-refractivity contribution in [3.63, 3.8) is 0 Å². The second kappa shape index (κ2) is 7.66. The van der Waals surface area contributed by atoms with Crippen LogP contribution in [0.1, 0.15) is 45.4 Å². The van der Waals surface area contributed by atoms with E-state index in [0.29, 0.717) is 0 Å². The lowest BCUT2D eigenvalue weighted by Gasteiger charge is -2.37. The normalized spacial score (nSPS) is 27.2. The van der Waals surface area contributed by atoms with E-state index in [2.05, 4.69) is 10.2 Å². The monoisotopic (exact) mass is 358 g/mol. The van der Waals surface area contributed by atoms with Gasteiger partial charge in [-0.15, -0.1) is 0 Å². The molecule has 2 fully saturated rings. The summed E-state index contributed by atoms with van der Waals surface area (Å²) in [7, 11) is 0. The molecule has 0 spiro atoms. The molecule has 6 nitrogen and oxygen atoms in total. The number of rotatable bonds is 4. The lowest BCUT2D eigenvalue weighted by atomic mass is 9.74. The molecule has 2 amide bonds. The molecule has 0 bridgehead atoms. The van der Waals surface area contributed by atoms with Crippen LogP contribution in [0.5, 0.6) is 0 Å². The summed E-state index contributed by atoms with van der Waals surface area (Å²) in [5.41, 5.74) is 13.2. The Morgan fingerprint density at radius 3 is 2.58 bits per heavy atom. The molecule has 1 saturated carbocycles. The second-order valence-electron chi connectivity index (χ2n) is 8.01. The van der Waals surface area contributed by atoms with Crippen LogP contribution in [0.4, 0.5) is 11.4 Å². The minimum absolute atomic E-state index is 0.0132. The zero-order valence-electron chi connectivity index (χ0n) is 15.5. The summed E-state index contributed by atoms with van der Waals surface area (Å²) < 4.78 is 0. The molecule has 2 aliphatic rings. The number of carbonyl (C=O) groups excluding carboxylic acids is 2. The molecule has 0 radical (unpaired) electrons. The Hall–Kier alpha value is -2.08. The zero-order chi connectivity index (χ0) is 18.7. The van der Waals surface area contributed by atoms with Crippen LogP contribution in [0, 0.1) is 11.8 Å². The van der Waals surface area contributed by atoms with Crippen molar-refractivity contribution in [2.75, 3.05) is 23.3 Å². The van der Waals surface area contributed by atoms with Gasteiger partial charge in [0.2, 0.25) is 11.8 Å². The average molecular weight is 358 g/mol. The summed E-state index contributed by atoms with van der Waals surface area (Å²) in [6.07, 6.45) is 5.44. The summed E-state index contributed by atoms with van der Waals surface area (Å²) >= 11 is 0. The first kappa shape index (κ1) is 18.7.